The minimum Gasteiger partial charge on any atom is -1.00 e. The Kier molecular flexibility index (Phi) is 16.8. The summed E-state index contributed by atoms with van der Waals surface area (Å²) in [6.07, 6.45) is 12.1. The number of halogens is 2. The van der Waals surface area contributed by atoms with Crippen LogP contribution in [0.3, 0.4) is 0 Å². The van der Waals surface area contributed by atoms with Gasteiger partial charge in [-0.2, -0.15) is 30.4 Å². The fraction of sp³-hybridized carbons (Fsp3) is 0.308. The summed E-state index contributed by atoms with van der Waals surface area (Å²) in [5, 5.41) is 2.66. The SMILES string of the molecule is CCC[CH-]CCC1C=Cc2ccccc21.C[Si](C)=[Zr+2].[Cl-].[Cl-].c1ccc2[cH-]ccc2c1. The van der Waals surface area contributed by atoms with Gasteiger partial charge in [0, 0.05) is 5.92 Å². The van der Waals surface area contributed by atoms with Crippen molar-refractivity contribution in [3.05, 3.63) is 90.4 Å². The third-order valence-corrected chi connectivity index (χ3v) is 4.63. The zero-order chi connectivity index (χ0) is 20.2. The first-order valence-corrected chi connectivity index (χ1v) is 16.5. The van der Waals surface area contributed by atoms with E-state index in [-0.39, 0.29) is 30.2 Å². The molecule has 0 fully saturated rings. The van der Waals surface area contributed by atoms with E-state index >= 15 is 0 Å². The van der Waals surface area contributed by atoms with Gasteiger partial charge in [0.2, 0.25) is 0 Å². The molecule has 1 unspecified atom stereocenters. The molecule has 4 heteroatoms. The molecule has 0 aromatic heterocycles. The molecule has 0 spiro atoms. The van der Waals surface area contributed by atoms with Crippen LogP contribution in [0.25, 0.3) is 16.8 Å². The summed E-state index contributed by atoms with van der Waals surface area (Å²) in [7, 11) is 0. The molecular weight excluding hydrogens is 503 g/mol. The third kappa shape index (κ3) is 10.7. The van der Waals surface area contributed by atoms with Gasteiger partial charge in [-0.25, -0.2) is 0 Å². The molecule has 0 bridgehead atoms. The Morgan fingerprint density at radius 1 is 0.967 bits per heavy atom. The van der Waals surface area contributed by atoms with Crippen molar-refractivity contribution in [2.24, 2.45) is 0 Å². The van der Waals surface area contributed by atoms with Gasteiger partial charge < -0.3 is 31.2 Å². The van der Waals surface area contributed by atoms with Gasteiger partial charge in [0.1, 0.15) is 0 Å². The molecule has 3 aromatic rings. The molecule has 0 saturated heterocycles. The molecule has 0 radical (unpaired) electrons. The number of fused-ring (bicyclic) bond motifs is 2. The second kappa shape index (κ2) is 17.1. The molecule has 0 heterocycles. The van der Waals surface area contributed by atoms with Crippen molar-refractivity contribution in [1.82, 2.24) is 0 Å². The molecule has 4 rings (SSSR count). The first-order valence-electron chi connectivity index (χ1n) is 10.3. The van der Waals surface area contributed by atoms with E-state index in [9.17, 15) is 0 Å². The summed E-state index contributed by atoms with van der Waals surface area (Å²) >= 11 is 1.74. The van der Waals surface area contributed by atoms with Crippen LogP contribution in [0.4, 0.5) is 0 Å². The molecule has 0 nitrogen and oxygen atoms in total. The van der Waals surface area contributed by atoms with Gasteiger partial charge in [-0.05, 0) is 11.1 Å². The topological polar surface area (TPSA) is 0 Å². The fourth-order valence-corrected chi connectivity index (χ4v) is 3.29. The minimum atomic E-state index is 0. The van der Waals surface area contributed by atoms with Crippen LogP contribution in [0.2, 0.25) is 13.1 Å². The summed E-state index contributed by atoms with van der Waals surface area (Å²) in [5.74, 6) is 0.661. The molecular formula is C26H32Cl2SiZr-2. The van der Waals surface area contributed by atoms with Crippen LogP contribution in [0.5, 0.6) is 0 Å². The minimum absolute atomic E-state index is 0. The third-order valence-electron chi connectivity index (χ3n) is 4.63. The van der Waals surface area contributed by atoms with Crippen LogP contribution in [0.15, 0.2) is 72.8 Å². The molecule has 1 atom stereocenters. The monoisotopic (exact) mass is 532 g/mol. The van der Waals surface area contributed by atoms with Gasteiger partial charge in [-0.3, -0.25) is 0 Å². The van der Waals surface area contributed by atoms with Gasteiger partial charge in [-0.1, -0.05) is 62.2 Å². The van der Waals surface area contributed by atoms with E-state index in [1.807, 2.05) is 0 Å². The quantitative estimate of drug-likeness (QED) is 0.267. The molecule has 0 saturated carbocycles. The van der Waals surface area contributed by atoms with Gasteiger partial charge in [0.25, 0.3) is 0 Å². The zero-order valence-corrected chi connectivity index (χ0v) is 23.2. The molecule has 0 amide bonds. The maximum atomic E-state index is 2.43. The van der Waals surface area contributed by atoms with Crippen LogP contribution in [0.1, 0.15) is 49.7 Å². The molecule has 0 N–H and O–H groups in total. The van der Waals surface area contributed by atoms with Crippen molar-refractivity contribution in [3.63, 3.8) is 0 Å². The van der Waals surface area contributed by atoms with Crippen molar-refractivity contribution < 1.29 is 48.1 Å². The Bertz CT molecular complexity index is 851. The molecule has 160 valence electrons. The predicted molar refractivity (Wildman–Crippen MR) is 124 cm³/mol. The zero-order valence-electron chi connectivity index (χ0n) is 18.2. The van der Waals surface area contributed by atoms with Crippen molar-refractivity contribution in [2.75, 3.05) is 0 Å². The maximum Gasteiger partial charge on any atom is -0.0809 e. The maximum absolute atomic E-state index is 2.43. The van der Waals surface area contributed by atoms with Gasteiger partial charge >= 0.3 is 41.9 Å². The number of hydrogen-bond donors (Lipinski definition) is 0. The summed E-state index contributed by atoms with van der Waals surface area (Å²) < 4.78 is 0. The van der Waals surface area contributed by atoms with E-state index in [1.54, 1.807) is 23.3 Å². The average Bonchev–Trinajstić information content (AvgIpc) is 3.32. The number of hydrogen-bond acceptors (Lipinski definition) is 0. The van der Waals surface area contributed by atoms with E-state index in [1.165, 1.54) is 47.6 Å². The number of unbranched alkanes of at least 4 members (excludes halogenated alkanes) is 3. The van der Waals surface area contributed by atoms with Crippen LogP contribution in [-0.2, 0) is 23.3 Å². The number of benzene rings is 2. The Labute approximate surface area is 211 Å². The normalized spacial score (nSPS) is 13.0. The van der Waals surface area contributed by atoms with E-state index in [2.05, 4.69) is 105 Å². The molecule has 0 aliphatic heterocycles. The fourth-order valence-electron chi connectivity index (χ4n) is 3.29. The van der Waals surface area contributed by atoms with Crippen molar-refractivity contribution >= 4 is 22.3 Å². The van der Waals surface area contributed by atoms with Crippen molar-refractivity contribution in [1.29, 1.82) is 0 Å². The van der Waals surface area contributed by atoms with E-state index < -0.39 is 0 Å². The molecule has 1 aliphatic carbocycles. The second-order valence-electron chi connectivity index (χ2n) is 7.40. The van der Waals surface area contributed by atoms with Crippen LogP contribution < -0.4 is 24.8 Å². The average molecular weight is 535 g/mol. The standard InChI is InChI=1S/C15H19.C9H7.C2H6Si.2ClH.Zr/c1-2-3-4-5-8-13-11-12-14-9-6-7-10-15(13)14;1-2-5-9-7-3-6-8(9)4-1;1-3-2;;;/h4,6-7,9-13H,2-3,5,8H2,1H3;1-7H;1-2H3;2*1H;/q2*-1;;;;+2/p-2. The first kappa shape index (κ1) is 29.5. The smallest absolute Gasteiger partial charge is 0.0809 e. The molecule has 3 aromatic carbocycles. The van der Waals surface area contributed by atoms with Gasteiger partial charge in [0.05, 0.1) is 0 Å². The Morgan fingerprint density at radius 2 is 1.63 bits per heavy atom. The number of allylic oxidation sites excluding steroid dienone is 1. The molecule has 1 aliphatic rings. The number of rotatable bonds is 5. The van der Waals surface area contributed by atoms with E-state index in [4.69, 9.17) is 0 Å². The Hall–Kier alpha value is -0.530. The summed E-state index contributed by atoms with van der Waals surface area (Å²) in [6.45, 7) is 6.85. The van der Waals surface area contributed by atoms with Gasteiger partial charge in [-0.15, -0.1) is 29.7 Å². The van der Waals surface area contributed by atoms with E-state index in [0.29, 0.717) is 5.92 Å². The summed E-state index contributed by atoms with van der Waals surface area (Å²) in [4.78, 5) is 0. The Morgan fingerprint density at radius 3 is 2.33 bits per heavy atom. The summed E-state index contributed by atoms with van der Waals surface area (Å²) in [6, 6.07) is 23.4. The summed E-state index contributed by atoms with van der Waals surface area (Å²) in [5.41, 5.74) is 3.14. The van der Waals surface area contributed by atoms with Crippen LogP contribution in [0, 0.1) is 6.42 Å². The van der Waals surface area contributed by atoms with Gasteiger partial charge in [0.15, 0.2) is 0 Å². The second-order valence-corrected chi connectivity index (χ2v) is 16.8. The largest absolute Gasteiger partial charge is 1.00 e. The van der Waals surface area contributed by atoms with Crippen molar-refractivity contribution in [3.8, 4) is 0 Å². The van der Waals surface area contributed by atoms with Crippen LogP contribution in [-0.4, -0.2) is 5.43 Å². The predicted octanol–water partition coefficient (Wildman–Crippen LogP) is 1.93. The van der Waals surface area contributed by atoms with E-state index in [0.717, 1.165) is 0 Å². The Balaban J connectivity index is 0.000000481. The first-order chi connectivity index (χ1) is 13.6. The van der Waals surface area contributed by atoms with Crippen LogP contribution >= 0.6 is 0 Å². The van der Waals surface area contributed by atoms with Crippen molar-refractivity contribution in [2.45, 2.75) is 51.6 Å². The molecule has 30 heavy (non-hydrogen) atoms.